The summed E-state index contributed by atoms with van der Waals surface area (Å²) in [5, 5.41) is 10.2. The number of aromatic nitrogens is 3. The van der Waals surface area contributed by atoms with Gasteiger partial charge in [-0.2, -0.15) is 0 Å². The zero-order valence-corrected chi connectivity index (χ0v) is 15.1. The topological polar surface area (TPSA) is 82.1 Å². The first kappa shape index (κ1) is 16.2. The minimum absolute atomic E-state index is 0.000318. The maximum absolute atomic E-state index is 13.1. The fourth-order valence-corrected chi connectivity index (χ4v) is 4.65. The number of H-pyrrole nitrogens is 1. The van der Waals surface area contributed by atoms with Gasteiger partial charge < -0.3 is 15.0 Å². The molecule has 0 aliphatic carbocycles. The first-order valence-electron chi connectivity index (χ1n) is 8.63. The number of hydrogen-bond donors (Lipinski definition) is 2. The van der Waals surface area contributed by atoms with Crippen LogP contribution < -0.4 is 10.3 Å². The van der Waals surface area contributed by atoms with E-state index in [0.29, 0.717) is 17.9 Å². The van der Waals surface area contributed by atoms with Crippen molar-refractivity contribution in [2.75, 3.05) is 4.90 Å². The molecule has 0 radical (unpaired) electrons. The minimum Gasteiger partial charge on any atom is -0.391 e. The van der Waals surface area contributed by atoms with Crippen LogP contribution in [0.15, 0.2) is 59.7 Å². The summed E-state index contributed by atoms with van der Waals surface area (Å²) >= 11 is 1.53. The molecule has 0 saturated heterocycles. The maximum atomic E-state index is 13.1. The van der Waals surface area contributed by atoms with Gasteiger partial charge in [0.2, 0.25) is 5.95 Å². The van der Waals surface area contributed by atoms with Gasteiger partial charge in [-0.1, -0.05) is 12.1 Å². The standard InChI is InChI=1S/C20H16N4O2S/c25-11-12-6-7-16(27-12)18-17-14(10-24(18)20-21-8-3-9-22-20)19(26)13-4-1-2-5-15(13)23-17/h1-9,18,25H,10-11H2,(H,23,26). The summed E-state index contributed by atoms with van der Waals surface area (Å²) < 4.78 is 0. The van der Waals surface area contributed by atoms with E-state index in [1.165, 1.54) is 11.3 Å². The Morgan fingerprint density at radius 3 is 2.74 bits per heavy atom. The van der Waals surface area contributed by atoms with Crippen LogP contribution in [0.5, 0.6) is 0 Å². The highest BCUT2D eigenvalue weighted by Gasteiger charge is 2.37. The molecule has 134 valence electrons. The fraction of sp³-hybridized carbons (Fsp3) is 0.150. The molecule has 0 amide bonds. The lowest BCUT2D eigenvalue weighted by atomic mass is 10.1. The van der Waals surface area contributed by atoms with Crippen molar-refractivity contribution in [3.8, 4) is 0 Å². The van der Waals surface area contributed by atoms with E-state index in [2.05, 4.69) is 15.0 Å². The van der Waals surface area contributed by atoms with Gasteiger partial charge in [0.1, 0.15) is 6.04 Å². The lowest BCUT2D eigenvalue weighted by molar-refractivity contribution is 0.285. The van der Waals surface area contributed by atoms with Crippen molar-refractivity contribution in [2.24, 2.45) is 0 Å². The van der Waals surface area contributed by atoms with Crippen molar-refractivity contribution >= 4 is 28.2 Å². The molecule has 6 nitrogen and oxygen atoms in total. The molecular formula is C20H16N4O2S. The quantitative estimate of drug-likeness (QED) is 0.574. The molecule has 0 spiro atoms. The number of rotatable bonds is 3. The number of fused-ring (bicyclic) bond motifs is 2. The van der Waals surface area contributed by atoms with Crippen LogP contribution in [-0.2, 0) is 13.2 Å². The second-order valence-electron chi connectivity index (χ2n) is 6.43. The van der Waals surface area contributed by atoms with E-state index in [1.54, 1.807) is 18.5 Å². The number of anilines is 1. The van der Waals surface area contributed by atoms with E-state index in [0.717, 1.165) is 26.5 Å². The second kappa shape index (κ2) is 6.29. The smallest absolute Gasteiger partial charge is 0.226 e. The Kier molecular flexibility index (Phi) is 3.77. The molecule has 1 aliphatic rings. The third-order valence-electron chi connectivity index (χ3n) is 4.87. The Bertz CT molecular complexity index is 1190. The number of nitrogens with one attached hydrogen (secondary N) is 1. The van der Waals surface area contributed by atoms with Crippen molar-refractivity contribution in [1.82, 2.24) is 15.0 Å². The number of aliphatic hydroxyl groups excluding tert-OH is 1. The first-order chi connectivity index (χ1) is 13.3. The Labute approximate surface area is 158 Å². The zero-order chi connectivity index (χ0) is 18.4. The molecule has 4 heterocycles. The van der Waals surface area contributed by atoms with E-state index in [9.17, 15) is 9.90 Å². The molecule has 5 rings (SSSR count). The summed E-state index contributed by atoms with van der Waals surface area (Å²) in [6.45, 7) is 0.441. The van der Waals surface area contributed by atoms with E-state index >= 15 is 0 Å². The Morgan fingerprint density at radius 1 is 1.15 bits per heavy atom. The molecule has 7 heteroatoms. The third-order valence-corrected chi connectivity index (χ3v) is 5.99. The largest absolute Gasteiger partial charge is 0.391 e. The highest BCUT2D eigenvalue weighted by molar-refractivity contribution is 7.12. The molecule has 3 aromatic heterocycles. The van der Waals surface area contributed by atoms with E-state index < -0.39 is 0 Å². The summed E-state index contributed by atoms with van der Waals surface area (Å²) in [4.78, 5) is 29.3. The number of para-hydroxylation sites is 1. The highest BCUT2D eigenvalue weighted by Crippen LogP contribution is 2.41. The van der Waals surface area contributed by atoms with Gasteiger partial charge in [-0.3, -0.25) is 4.79 Å². The summed E-state index contributed by atoms with van der Waals surface area (Å²) in [6, 6.07) is 13.1. The predicted octanol–water partition coefficient (Wildman–Crippen LogP) is 2.98. The Morgan fingerprint density at radius 2 is 1.96 bits per heavy atom. The van der Waals surface area contributed by atoms with Crippen LogP contribution in [0.25, 0.3) is 10.9 Å². The minimum atomic E-state index is -0.190. The van der Waals surface area contributed by atoms with Gasteiger partial charge in [-0.15, -0.1) is 11.3 Å². The van der Waals surface area contributed by atoms with E-state index in [-0.39, 0.29) is 18.1 Å². The van der Waals surface area contributed by atoms with Crippen molar-refractivity contribution in [3.05, 3.63) is 86.1 Å². The molecule has 1 atom stereocenters. The van der Waals surface area contributed by atoms with Crippen LogP contribution in [0.4, 0.5) is 5.95 Å². The number of benzene rings is 1. The van der Waals surface area contributed by atoms with E-state index in [4.69, 9.17) is 0 Å². The van der Waals surface area contributed by atoms with Crippen molar-refractivity contribution in [2.45, 2.75) is 19.2 Å². The number of pyridine rings is 1. The van der Waals surface area contributed by atoms with Gasteiger partial charge in [0, 0.05) is 38.6 Å². The molecule has 1 aromatic carbocycles. The number of nitrogens with zero attached hydrogens (tertiary/aromatic N) is 3. The summed E-state index contributed by atoms with van der Waals surface area (Å²) in [7, 11) is 0. The fourth-order valence-electron chi connectivity index (χ4n) is 3.65. The lowest BCUT2D eigenvalue weighted by Gasteiger charge is -2.24. The van der Waals surface area contributed by atoms with Crippen molar-refractivity contribution in [1.29, 1.82) is 0 Å². The van der Waals surface area contributed by atoms with Crippen LogP contribution in [0, 0.1) is 0 Å². The van der Waals surface area contributed by atoms with Gasteiger partial charge >= 0.3 is 0 Å². The monoisotopic (exact) mass is 376 g/mol. The van der Waals surface area contributed by atoms with Crippen LogP contribution >= 0.6 is 11.3 Å². The third kappa shape index (κ3) is 2.55. The Balaban J connectivity index is 1.75. The molecule has 4 aromatic rings. The van der Waals surface area contributed by atoms with Crippen LogP contribution in [-0.4, -0.2) is 20.1 Å². The van der Waals surface area contributed by atoms with Crippen molar-refractivity contribution < 1.29 is 5.11 Å². The van der Waals surface area contributed by atoms with Gasteiger partial charge in [-0.25, -0.2) is 9.97 Å². The summed E-state index contributed by atoms with van der Waals surface area (Å²) in [5.41, 5.74) is 2.48. The SMILES string of the molecule is O=c1c2c([nH]c3ccccc13)C(c1ccc(CO)s1)N(c1ncccn1)C2. The van der Waals surface area contributed by atoms with Gasteiger partial charge in [0.05, 0.1) is 18.8 Å². The van der Waals surface area contributed by atoms with Gasteiger partial charge in [0.25, 0.3) is 0 Å². The molecule has 0 bridgehead atoms. The maximum Gasteiger partial charge on any atom is 0.226 e. The van der Waals surface area contributed by atoms with Crippen LogP contribution in [0.1, 0.15) is 27.1 Å². The van der Waals surface area contributed by atoms with Gasteiger partial charge in [-0.05, 0) is 30.3 Å². The molecule has 1 aliphatic heterocycles. The molecule has 0 fully saturated rings. The van der Waals surface area contributed by atoms with E-state index in [1.807, 2.05) is 41.3 Å². The van der Waals surface area contributed by atoms with Crippen LogP contribution in [0.3, 0.4) is 0 Å². The second-order valence-corrected chi connectivity index (χ2v) is 7.63. The molecular weight excluding hydrogens is 360 g/mol. The lowest BCUT2D eigenvalue weighted by Crippen LogP contribution is -2.24. The summed E-state index contributed by atoms with van der Waals surface area (Å²) in [5.74, 6) is 0.578. The molecule has 27 heavy (non-hydrogen) atoms. The number of aliphatic hydroxyl groups is 1. The Hall–Kier alpha value is -3.03. The normalized spacial score (nSPS) is 16.0. The number of hydrogen-bond acceptors (Lipinski definition) is 6. The zero-order valence-electron chi connectivity index (χ0n) is 14.3. The summed E-state index contributed by atoms with van der Waals surface area (Å²) in [6.07, 6.45) is 3.41. The van der Waals surface area contributed by atoms with Gasteiger partial charge in [0.15, 0.2) is 5.43 Å². The molecule has 2 N–H and O–H groups in total. The highest BCUT2D eigenvalue weighted by atomic mass is 32.1. The average molecular weight is 376 g/mol. The molecule has 0 saturated carbocycles. The number of aromatic amines is 1. The predicted molar refractivity (Wildman–Crippen MR) is 105 cm³/mol. The molecule has 1 unspecified atom stereocenters. The van der Waals surface area contributed by atoms with Crippen LogP contribution in [0.2, 0.25) is 0 Å². The van der Waals surface area contributed by atoms with Crippen molar-refractivity contribution in [3.63, 3.8) is 0 Å². The first-order valence-corrected chi connectivity index (χ1v) is 9.45. The average Bonchev–Trinajstić information content (AvgIpc) is 3.33. The number of thiophene rings is 1.